The molecule has 1 fully saturated rings. The van der Waals surface area contributed by atoms with Crippen molar-refractivity contribution in [3.05, 3.63) is 24.0 Å². The van der Waals surface area contributed by atoms with Crippen molar-refractivity contribution in [2.24, 2.45) is 0 Å². The van der Waals surface area contributed by atoms with Gasteiger partial charge in [-0.05, 0) is 24.4 Å². The summed E-state index contributed by atoms with van der Waals surface area (Å²) in [5, 5.41) is 3.61. The second-order valence-electron chi connectivity index (χ2n) is 5.38. The summed E-state index contributed by atoms with van der Waals surface area (Å²) in [4.78, 5) is 16.7. The number of rotatable bonds is 3. The normalized spacial score (nSPS) is 17.2. The second-order valence-corrected chi connectivity index (χ2v) is 5.72. The number of nitrogens with one attached hydrogen (secondary N) is 1. The van der Waals surface area contributed by atoms with Crippen LogP contribution >= 0.6 is 11.6 Å². The smallest absolute Gasteiger partial charge is 0.241 e. The lowest BCUT2D eigenvalue weighted by Gasteiger charge is -2.21. The summed E-state index contributed by atoms with van der Waals surface area (Å²) in [6.45, 7) is 0. The number of anilines is 1. The van der Waals surface area contributed by atoms with E-state index >= 15 is 0 Å². The van der Waals surface area contributed by atoms with Crippen molar-refractivity contribution in [2.75, 3.05) is 5.32 Å². The van der Waals surface area contributed by atoms with Crippen molar-refractivity contribution in [1.82, 2.24) is 24.5 Å². The first-order chi connectivity index (χ1) is 10.3. The van der Waals surface area contributed by atoms with Crippen molar-refractivity contribution in [3.8, 4) is 5.95 Å². The molecule has 1 aliphatic carbocycles. The minimum absolute atomic E-state index is 0.196. The van der Waals surface area contributed by atoms with Crippen molar-refractivity contribution >= 4 is 17.5 Å². The number of halogens is 1. The molecule has 1 saturated carbocycles. The molecule has 1 aliphatic rings. The maximum Gasteiger partial charge on any atom is 0.241 e. The summed E-state index contributed by atoms with van der Waals surface area (Å²) >= 11 is 6.01. The highest BCUT2D eigenvalue weighted by molar-refractivity contribution is 6.28. The Morgan fingerprint density at radius 3 is 2.52 bits per heavy atom. The fourth-order valence-electron chi connectivity index (χ4n) is 2.68. The first kappa shape index (κ1) is 14.3. The Kier molecular flexibility index (Phi) is 4.65. The van der Waals surface area contributed by atoms with E-state index in [1.807, 2.05) is 0 Å². The average molecular weight is 307 g/mol. The van der Waals surface area contributed by atoms with Gasteiger partial charge in [0.2, 0.25) is 17.2 Å². The van der Waals surface area contributed by atoms with E-state index in [1.165, 1.54) is 32.1 Å². The lowest BCUT2D eigenvalue weighted by molar-refractivity contribution is 0.469. The molecule has 1 N–H and O–H groups in total. The van der Waals surface area contributed by atoms with Gasteiger partial charge in [-0.2, -0.15) is 15.0 Å². The van der Waals surface area contributed by atoms with Crippen molar-refractivity contribution < 1.29 is 0 Å². The molecular formula is C14H19ClN6. The molecule has 3 rings (SSSR count). The average Bonchev–Trinajstić information content (AvgIpc) is 2.95. The van der Waals surface area contributed by atoms with E-state index in [4.69, 9.17) is 11.6 Å². The van der Waals surface area contributed by atoms with Gasteiger partial charge in [0, 0.05) is 18.4 Å². The van der Waals surface area contributed by atoms with Crippen LogP contribution in [0.1, 0.15) is 44.9 Å². The molecule has 7 heteroatoms. The molecule has 0 spiro atoms. The van der Waals surface area contributed by atoms with E-state index in [0.29, 0.717) is 17.9 Å². The molecule has 0 atom stereocenters. The van der Waals surface area contributed by atoms with E-state index in [1.54, 1.807) is 23.3 Å². The predicted octanol–water partition coefficient (Wildman–Crippen LogP) is 3.24. The summed E-state index contributed by atoms with van der Waals surface area (Å²) in [7, 11) is 0. The monoisotopic (exact) mass is 306 g/mol. The van der Waals surface area contributed by atoms with Gasteiger partial charge in [-0.3, -0.25) is 4.57 Å². The van der Waals surface area contributed by atoms with E-state index in [9.17, 15) is 0 Å². The molecule has 0 amide bonds. The van der Waals surface area contributed by atoms with Gasteiger partial charge in [0.25, 0.3) is 0 Å². The van der Waals surface area contributed by atoms with Crippen LogP contribution in [0.5, 0.6) is 0 Å². The molecule has 0 unspecified atom stereocenters. The Morgan fingerprint density at radius 2 is 1.81 bits per heavy atom. The van der Waals surface area contributed by atoms with Crippen LogP contribution in [0.15, 0.2) is 18.7 Å². The molecule has 6 nitrogen and oxygen atoms in total. The van der Waals surface area contributed by atoms with Crippen molar-refractivity contribution in [3.63, 3.8) is 0 Å². The van der Waals surface area contributed by atoms with Gasteiger partial charge in [-0.15, -0.1) is 0 Å². The van der Waals surface area contributed by atoms with E-state index in [2.05, 4.69) is 25.3 Å². The van der Waals surface area contributed by atoms with Crippen LogP contribution < -0.4 is 5.32 Å². The lowest BCUT2D eigenvalue weighted by Crippen LogP contribution is -2.22. The van der Waals surface area contributed by atoms with Crippen molar-refractivity contribution in [1.29, 1.82) is 0 Å². The molecule has 0 bridgehead atoms. The molecule has 0 aromatic carbocycles. The van der Waals surface area contributed by atoms with Gasteiger partial charge in [0.05, 0.1) is 0 Å². The standard InChI is InChI=1S/C14H19ClN6/c15-12-18-13(17-11-6-4-2-1-3-5-7-11)20-14(19-12)21-9-8-16-10-21/h8-11H,1-7H2,(H,17,18,19,20). The molecule has 21 heavy (non-hydrogen) atoms. The van der Waals surface area contributed by atoms with Crippen molar-refractivity contribution in [2.45, 2.75) is 51.0 Å². The SMILES string of the molecule is Clc1nc(NC2CCCCCCC2)nc(-n2ccnc2)n1. The molecular weight excluding hydrogens is 288 g/mol. The first-order valence-corrected chi connectivity index (χ1v) is 7.85. The highest BCUT2D eigenvalue weighted by atomic mass is 35.5. The zero-order valence-corrected chi connectivity index (χ0v) is 12.6. The van der Waals surface area contributed by atoms with E-state index in [0.717, 1.165) is 12.8 Å². The Balaban J connectivity index is 1.75. The van der Waals surface area contributed by atoms with Crippen LogP contribution in [0.4, 0.5) is 5.95 Å². The number of hydrogen-bond donors (Lipinski definition) is 1. The highest BCUT2D eigenvalue weighted by Crippen LogP contribution is 2.20. The van der Waals surface area contributed by atoms with Gasteiger partial charge >= 0.3 is 0 Å². The van der Waals surface area contributed by atoms with Gasteiger partial charge < -0.3 is 5.32 Å². The van der Waals surface area contributed by atoms with Crippen LogP contribution in [-0.4, -0.2) is 30.5 Å². The summed E-state index contributed by atoms with van der Waals surface area (Å²) in [6, 6.07) is 0.416. The predicted molar refractivity (Wildman–Crippen MR) is 81.7 cm³/mol. The number of hydrogen-bond acceptors (Lipinski definition) is 5. The zero-order chi connectivity index (χ0) is 14.5. The highest BCUT2D eigenvalue weighted by Gasteiger charge is 2.14. The molecule has 0 saturated heterocycles. The lowest BCUT2D eigenvalue weighted by atomic mass is 9.97. The Hall–Kier alpha value is -1.69. The molecule has 0 radical (unpaired) electrons. The van der Waals surface area contributed by atoms with Gasteiger partial charge in [0.15, 0.2) is 0 Å². The minimum Gasteiger partial charge on any atom is -0.351 e. The maximum absolute atomic E-state index is 6.01. The summed E-state index contributed by atoms with van der Waals surface area (Å²) in [5.41, 5.74) is 0. The Labute approximate surface area is 129 Å². The maximum atomic E-state index is 6.01. The molecule has 2 aromatic heterocycles. The third-order valence-corrected chi connectivity index (χ3v) is 3.94. The topological polar surface area (TPSA) is 68.5 Å². The molecule has 0 aliphatic heterocycles. The van der Waals surface area contributed by atoms with Crippen LogP contribution in [-0.2, 0) is 0 Å². The van der Waals surface area contributed by atoms with Gasteiger partial charge in [-0.25, -0.2) is 4.98 Å². The second kappa shape index (κ2) is 6.85. The third-order valence-electron chi connectivity index (χ3n) is 3.77. The van der Waals surface area contributed by atoms with Crippen LogP contribution in [0.3, 0.4) is 0 Å². The molecule has 2 aromatic rings. The van der Waals surface area contributed by atoms with Crippen LogP contribution in [0.25, 0.3) is 5.95 Å². The first-order valence-electron chi connectivity index (χ1n) is 7.48. The minimum atomic E-state index is 0.196. The zero-order valence-electron chi connectivity index (χ0n) is 11.9. The third kappa shape index (κ3) is 3.91. The van der Waals surface area contributed by atoms with Crippen LogP contribution in [0.2, 0.25) is 5.28 Å². The number of nitrogens with zero attached hydrogens (tertiary/aromatic N) is 5. The summed E-state index contributed by atoms with van der Waals surface area (Å²) in [5.74, 6) is 1.03. The van der Waals surface area contributed by atoms with E-state index < -0.39 is 0 Å². The Morgan fingerprint density at radius 1 is 1.05 bits per heavy atom. The van der Waals surface area contributed by atoms with E-state index in [-0.39, 0.29) is 5.28 Å². The Bertz CT molecular complexity index is 563. The fraction of sp³-hybridized carbons (Fsp3) is 0.571. The van der Waals surface area contributed by atoms with Gasteiger partial charge in [0.1, 0.15) is 6.33 Å². The quantitative estimate of drug-likeness (QED) is 0.943. The largest absolute Gasteiger partial charge is 0.351 e. The number of aromatic nitrogens is 5. The summed E-state index contributed by atoms with van der Waals surface area (Å²) in [6.07, 6.45) is 13.9. The molecule has 112 valence electrons. The van der Waals surface area contributed by atoms with Gasteiger partial charge in [-0.1, -0.05) is 32.1 Å². The molecule has 2 heterocycles. The number of imidazole rings is 1. The summed E-state index contributed by atoms with van der Waals surface area (Å²) < 4.78 is 1.72. The fourth-order valence-corrected chi connectivity index (χ4v) is 2.84. The van der Waals surface area contributed by atoms with Crippen LogP contribution in [0, 0.1) is 0 Å².